The van der Waals surface area contributed by atoms with Crippen molar-refractivity contribution in [2.45, 2.75) is 13.5 Å². The second-order valence-corrected chi connectivity index (χ2v) is 7.69. The van der Waals surface area contributed by atoms with E-state index in [1.165, 1.54) is 31.6 Å². The number of methoxy groups -OCH3 is 4. The van der Waals surface area contributed by atoms with E-state index in [-0.39, 0.29) is 6.61 Å². The van der Waals surface area contributed by atoms with Crippen LogP contribution in [0.5, 0.6) is 28.7 Å². The molecule has 34 heavy (non-hydrogen) atoms. The van der Waals surface area contributed by atoms with Gasteiger partial charge in [0.1, 0.15) is 17.4 Å². The zero-order chi connectivity index (χ0) is 24.5. The molecule has 1 aromatic heterocycles. The van der Waals surface area contributed by atoms with E-state index in [9.17, 15) is 4.79 Å². The van der Waals surface area contributed by atoms with Gasteiger partial charge in [-0.15, -0.1) is 11.3 Å². The summed E-state index contributed by atoms with van der Waals surface area (Å²) in [7, 11) is 6.22. The van der Waals surface area contributed by atoms with Gasteiger partial charge in [0.05, 0.1) is 40.7 Å². The maximum absolute atomic E-state index is 12.3. The number of thiazole rings is 1. The molecule has 180 valence electrons. The van der Waals surface area contributed by atoms with E-state index >= 15 is 0 Å². The van der Waals surface area contributed by atoms with Crippen LogP contribution in [0.25, 0.3) is 16.6 Å². The first kappa shape index (κ1) is 24.9. The minimum Gasteiger partial charge on any atom is -0.496 e. The minimum atomic E-state index is -0.505. The zero-order valence-electron chi connectivity index (χ0n) is 19.7. The van der Waals surface area contributed by atoms with E-state index < -0.39 is 5.97 Å². The fourth-order valence-corrected chi connectivity index (χ4v) is 3.92. The molecular formula is C25H27NO7S. The standard InChI is InChI=1S/C25H27NO7S/c1-6-32-19-9-7-17(12-21(19)29-3)25-26-18(15-34-25)14-33-24(27)10-8-16-11-22(30-4)23(31-5)13-20(16)28-2/h7-13,15H,6,14H2,1-5H3/b10-8+. The number of benzene rings is 2. The Bertz CT molecular complexity index is 1160. The Morgan fingerprint density at radius 1 is 0.912 bits per heavy atom. The minimum absolute atomic E-state index is 0.0525. The van der Waals surface area contributed by atoms with Crippen LogP contribution in [0.15, 0.2) is 41.8 Å². The first-order valence-corrected chi connectivity index (χ1v) is 11.3. The van der Waals surface area contributed by atoms with Crippen LogP contribution in [-0.4, -0.2) is 46.0 Å². The molecule has 0 unspecified atom stereocenters. The number of aromatic nitrogens is 1. The van der Waals surface area contributed by atoms with Crippen LogP contribution >= 0.6 is 11.3 Å². The van der Waals surface area contributed by atoms with Crippen molar-refractivity contribution in [3.8, 4) is 39.3 Å². The van der Waals surface area contributed by atoms with E-state index in [1.807, 2.05) is 30.5 Å². The molecule has 0 saturated carbocycles. The molecule has 0 bridgehead atoms. The van der Waals surface area contributed by atoms with Gasteiger partial charge in [0.2, 0.25) is 0 Å². The van der Waals surface area contributed by atoms with Gasteiger partial charge >= 0.3 is 5.97 Å². The van der Waals surface area contributed by atoms with Crippen molar-refractivity contribution in [1.29, 1.82) is 0 Å². The van der Waals surface area contributed by atoms with Crippen molar-refractivity contribution in [3.63, 3.8) is 0 Å². The van der Waals surface area contributed by atoms with Crippen LogP contribution in [0, 0.1) is 0 Å². The summed E-state index contributed by atoms with van der Waals surface area (Å²) in [5.74, 6) is 2.40. The van der Waals surface area contributed by atoms with Gasteiger partial charge in [0.25, 0.3) is 0 Å². The summed E-state index contributed by atoms with van der Waals surface area (Å²) in [6.45, 7) is 2.52. The molecule has 3 aromatic rings. The van der Waals surface area contributed by atoms with Crippen LogP contribution in [0.1, 0.15) is 18.2 Å². The molecule has 0 saturated heterocycles. The molecule has 0 radical (unpaired) electrons. The molecule has 0 spiro atoms. The van der Waals surface area contributed by atoms with Crippen LogP contribution < -0.4 is 23.7 Å². The number of nitrogens with zero attached hydrogens (tertiary/aromatic N) is 1. The van der Waals surface area contributed by atoms with Crippen molar-refractivity contribution < 1.29 is 33.2 Å². The predicted octanol–water partition coefficient (Wildman–Crippen LogP) is 5.00. The van der Waals surface area contributed by atoms with Gasteiger partial charge in [-0.25, -0.2) is 9.78 Å². The first-order chi connectivity index (χ1) is 16.5. The lowest BCUT2D eigenvalue weighted by molar-refractivity contribution is -0.139. The maximum Gasteiger partial charge on any atom is 0.331 e. The average Bonchev–Trinajstić information content (AvgIpc) is 3.35. The molecule has 0 aliphatic heterocycles. The third kappa shape index (κ3) is 5.99. The molecule has 0 aliphatic rings. The third-order valence-corrected chi connectivity index (χ3v) is 5.70. The number of esters is 1. The summed E-state index contributed by atoms with van der Waals surface area (Å²) < 4.78 is 32.3. The smallest absolute Gasteiger partial charge is 0.331 e. The van der Waals surface area contributed by atoms with E-state index in [0.29, 0.717) is 46.6 Å². The van der Waals surface area contributed by atoms with Crippen LogP contribution in [-0.2, 0) is 16.1 Å². The van der Waals surface area contributed by atoms with Gasteiger partial charge in [0.15, 0.2) is 23.0 Å². The zero-order valence-corrected chi connectivity index (χ0v) is 20.6. The first-order valence-electron chi connectivity index (χ1n) is 10.4. The summed E-state index contributed by atoms with van der Waals surface area (Å²) in [5.41, 5.74) is 2.19. The summed E-state index contributed by atoms with van der Waals surface area (Å²) in [6, 6.07) is 9.06. The highest BCUT2D eigenvalue weighted by atomic mass is 32.1. The fourth-order valence-electron chi connectivity index (χ4n) is 3.12. The van der Waals surface area contributed by atoms with Crippen molar-refractivity contribution >= 4 is 23.4 Å². The van der Waals surface area contributed by atoms with Crippen molar-refractivity contribution in [1.82, 2.24) is 4.98 Å². The molecule has 2 aromatic carbocycles. The topological polar surface area (TPSA) is 85.3 Å². The molecule has 0 aliphatic carbocycles. The summed E-state index contributed by atoms with van der Waals surface area (Å²) in [6.07, 6.45) is 2.93. The Kier molecular flexibility index (Phi) is 8.75. The molecule has 0 N–H and O–H groups in total. The summed E-state index contributed by atoms with van der Waals surface area (Å²) in [4.78, 5) is 16.8. The highest BCUT2D eigenvalue weighted by Crippen LogP contribution is 2.36. The number of carbonyl (C=O) groups is 1. The Balaban J connectivity index is 1.65. The van der Waals surface area contributed by atoms with Gasteiger partial charge in [-0.1, -0.05) is 0 Å². The van der Waals surface area contributed by atoms with Crippen molar-refractivity contribution in [2.75, 3.05) is 35.0 Å². The lowest BCUT2D eigenvalue weighted by Crippen LogP contribution is -2.01. The van der Waals surface area contributed by atoms with E-state index in [1.54, 1.807) is 32.4 Å². The normalized spacial score (nSPS) is 10.7. The quantitative estimate of drug-likeness (QED) is 0.277. The number of hydrogen-bond donors (Lipinski definition) is 0. The van der Waals surface area contributed by atoms with E-state index in [0.717, 1.165) is 10.6 Å². The highest BCUT2D eigenvalue weighted by Gasteiger charge is 2.12. The predicted molar refractivity (Wildman–Crippen MR) is 130 cm³/mol. The van der Waals surface area contributed by atoms with Gasteiger partial charge in [-0.05, 0) is 37.3 Å². The van der Waals surface area contributed by atoms with Crippen molar-refractivity contribution in [3.05, 3.63) is 53.0 Å². The molecule has 0 atom stereocenters. The number of rotatable bonds is 11. The molecule has 1 heterocycles. The van der Waals surface area contributed by atoms with Crippen molar-refractivity contribution in [2.24, 2.45) is 0 Å². The monoisotopic (exact) mass is 485 g/mol. The van der Waals surface area contributed by atoms with Crippen LogP contribution in [0.2, 0.25) is 0 Å². The van der Waals surface area contributed by atoms with Gasteiger partial charge in [0, 0.05) is 28.6 Å². The van der Waals surface area contributed by atoms with Gasteiger partial charge in [-0.2, -0.15) is 0 Å². The summed E-state index contributed by atoms with van der Waals surface area (Å²) >= 11 is 1.46. The second-order valence-electron chi connectivity index (χ2n) is 6.83. The van der Waals surface area contributed by atoms with E-state index in [2.05, 4.69) is 4.98 Å². The van der Waals surface area contributed by atoms with Crippen LogP contribution in [0.3, 0.4) is 0 Å². The lowest BCUT2D eigenvalue weighted by Gasteiger charge is -2.12. The number of carbonyl (C=O) groups excluding carboxylic acids is 1. The second kappa shape index (κ2) is 11.9. The molecule has 8 nitrogen and oxygen atoms in total. The lowest BCUT2D eigenvalue weighted by atomic mass is 10.1. The Labute approximate surface area is 202 Å². The molecular weight excluding hydrogens is 458 g/mol. The average molecular weight is 486 g/mol. The van der Waals surface area contributed by atoms with Gasteiger partial charge in [-0.3, -0.25) is 0 Å². The highest BCUT2D eigenvalue weighted by molar-refractivity contribution is 7.13. The summed E-state index contributed by atoms with van der Waals surface area (Å²) in [5, 5.41) is 2.64. The Morgan fingerprint density at radius 2 is 1.59 bits per heavy atom. The van der Waals surface area contributed by atoms with E-state index in [4.69, 9.17) is 28.4 Å². The molecule has 3 rings (SSSR count). The Hall–Kier alpha value is -3.72. The fraction of sp³-hybridized carbons (Fsp3) is 0.280. The molecule has 0 fully saturated rings. The number of hydrogen-bond acceptors (Lipinski definition) is 9. The SMILES string of the molecule is CCOc1ccc(-c2nc(COC(=O)/C=C/c3cc(OC)c(OC)cc3OC)cs2)cc1OC. The number of ether oxygens (including phenoxy) is 6. The molecule has 0 amide bonds. The molecule has 9 heteroatoms. The Morgan fingerprint density at radius 3 is 2.26 bits per heavy atom. The third-order valence-electron chi connectivity index (χ3n) is 4.76. The van der Waals surface area contributed by atoms with Crippen LogP contribution in [0.4, 0.5) is 0 Å². The maximum atomic E-state index is 12.3. The van der Waals surface area contributed by atoms with Gasteiger partial charge < -0.3 is 28.4 Å². The largest absolute Gasteiger partial charge is 0.496 e.